The van der Waals surface area contributed by atoms with E-state index in [0.29, 0.717) is 12.1 Å². The minimum atomic E-state index is 0.480. The fourth-order valence-electron chi connectivity index (χ4n) is 3.84. The first kappa shape index (κ1) is 14.8. The fourth-order valence-corrected chi connectivity index (χ4v) is 3.84. The summed E-state index contributed by atoms with van der Waals surface area (Å²) in [6, 6.07) is 1.18. The Morgan fingerprint density at radius 1 is 1.19 bits per heavy atom. The molecule has 1 aliphatic carbocycles. The lowest BCUT2D eigenvalue weighted by Crippen LogP contribution is -2.47. The smallest absolute Gasteiger partial charge is 0.147 e. The van der Waals surface area contributed by atoms with Crippen molar-refractivity contribution in [3.63, 3.8) is 0 Å². The minimum absolute atomic E-state index is 0.480. The SMILES string of the molecule is CC(C)NCc1cncc(N2CCCC3CCCCC32)n1. The molecule has 1 aromatic heterocycles. The van der Waals surface area contributed by atoms with Crippen LogP contribution in [0.25, 0.3) is 0 Å². The second kappa shape index (κ2) is 6.73. The molecule has 2 fully saturated rings. The van der Waals surface area contributed by atoms with Crippen molar-refractivity contribution in [2.45, 2.75) is 71.0 Å². The molecule has 2 heterocycles. The average molecular weight is 288 g/mol. The van der Waals surface area contributed by atoms with Crippen LogP contribution in [0.4, 0.5) is 5.82 Å². The van der Waals surface area contributed by atoms with Gasteiger partial charge < -0.3 is 10.2 Å². The Labute approximate surface area is 128 Å². The maximum absolute atomic E-state index is 4.86. The summed E-state index contributed by atoms with van der Waals surface area (Å²) in [5, 5.41) is 3.43. The van der Waals surface area contributed by atoms with Gasteiger partial charge in [-0.3, -0.25) is 4.98 Å². The van der Waals surface area contributed by atoms with E-state index in [1.54, 1.807) is 0 Å². The van der Waals surface area contributed by atoms with Crippen molar-refractivity contribution in [1.29, 1.82) is 0 Å². The second-order valence-electron chi connectivity index (χ2n) is 6.85. The highest BCUT2D eigenvalue weighted by atomic mass is 15.2. The Balaban J connectivity index is 1.74. The number of nitrogens with zero attached hydrogens (tertiary/aromatic N) is 3. The van der Waals surface area contributed by atoms with E-state index in [4.69, 9.17) is 4.98 Å². The summed E-state index contributed by atoms with van der Waals surface area (Å²) in [6.45, 7) is 6.28. The molecular weight excluding hydrogens is 260 g/mol. The van der Waals surface area contributed by atoms with Gasteiger partial charge in [-0.2, -0.15) is 0 Å². The van der Waals surface area contributed by atoms with E-state index < -0.39 is 0 Å². The zero-order chi connectivity index (χ0) is 14.7. The third-order valence-corrected chi connectivity index (χ3v) is 4.90. The fraction of sp³-hybridized carbons (Fsp3) is 0.765. The van der Waals surface area contributed by atoms with Crippen LogP contribution in [0.1, 0.15) is 58.1 Å². The average Bonchev–Trinajstić information content (AvgIpc) is 2.52. The summed E-state index contributed by atoms with van der Waals surface area (Å²) in [7, 11) is 0. The van der Waals surface area contributed by atoms with Gasteiger partial charge in [0.25, 0.3) is 0 Å². The van der Waals surface area contributed by atoms with Crippen LogP contribution in [0.3, 0.4) is 0 Å². The van der Waals surface area contributed by atoms with E-state index in [-0.39, 0.29) is 0 Å². The Morgan fingerprint density at radius 3 is 2.86 bits per heavy atom. The van der Waals surface area contributed by atoms with Crippen LogP contribution in [0.2, 0.25) is 0 Å². The van der Waals surface area contributed by atoms with Crippen molar-refractivity contribution in [2.75, 3.05) is 11.4 Å². The first-order chi connectivity index (χ1) is 10.2. The van der Waals surface area contributed by atoms with Crippen LogP contribution in [-0.2, 0) is 6.54 Å². The molecule has 1 saturated carbocycles. The zero-order valence-corrected chi connectivity index (χ0v) is 13.4. The third kappa shape index (κ3) is 3.54. The third-order valence-electron chi connectivity index (χ3n) is 4.90. The zero-order valence-electron chi connectivity index (χ0n) is 13.4. The molecule has 0 spiro atoms. The van der Waals surface area contributed by atoms with E-state index in [1.165, 1.54) is 38.5 Å². The van der Waals surface area contributed by atoms with E-state index in [2.05, 4.69) is 29.0 Å². The molecule has 21 heavy (non-hydrogen) atoms. The lowest BCUT2D eigenvalue weighted by atomic mass is 9.78. The predicted octanol–water partition coefficient (Wildman–Crippen LogP) is 3.13. The van der Waals surface area contributed by atoms with Gasteiger partial charge >= 0.3 is 0 Å². The molecule has 2 aliphatic rings. The van der Waals surface area contributed by atoms with Crippen molar-refractivity contribution in [3.05, 3.63) is 18.1 Å². The van der Waals surface area contributed by atoms with Crippen LogP contribution in [-0.4, -0.2) is 28.6 Å². The largest absolute Gasteiger partial charge is 0.352 e. The van der Waals surface area contributed by atoms with Crippen molar-refractivity contribution in [1.82, 2.24) is 15.3 Å². The van der Waals surface area contributed by atoms with Gasteiger partial charge in [-0.25, -0.2) is 4.98 Å². The number of piperidine rings is 1. The number of rotatable bonds is 4. The maximum Gasteiger partial charge on any atom is 0.147 e. The first-order valence-electron chi connectivity index (χ1n) is 8.55. The molecule has 1 saturated heterocycles. The molecule has 2 unspecified atom stereocenters. The van der Waals surface area contributed by atoms with Gasteiger partial charge in [-0.15, -0.1) is 0 Å². The summed E-state index contributed by atoms with van der Waals surface area (Å²) in [5.41, 5.74) is 1.05. The number of fused-ring (bicyclic) bond motifs is 1. The van der Waals surface area contributed by atoms with Crippen LogP contribution in [0, 0.1) is 5.92 Å². The maximum atomic E-state index is 4.86. The molecule has 0 aromatic carbocycles. The van der Waals surface area contributed by atoms with E-state index in [9.17, 15) is 0 Å². The molecule has 116 valence electrons. The van der Waals surface area contributed by atoms with Gasteiger partial charge in [0, 0.05) is 31.4 Å². The topological polar surface area (TPSA) is 41.1 Å². The molecule has 1 aromatic rings. The number of aromatic nitrogens is 2. The van der Waals surface area contributed by atoms with E-state index in [0.717, 1.165) is 30.5 Å². The number of hydrogen-bond acceptors (Lipinski definition) is 4. The van der Waals surface area contributed by atoms with Gasteiger partial charge in [-0.05, 0) is 31.6 Å². The summed E-state index contributed by atoms with van der Waals surface area (Å²) >= 11 is 0. The summed E-state index contributed by atoms with van der Waals surface area (Å²) in [4.78, 5) is 11.8. The van der Waals surface area contributed by atoms with Crippen LogP contribution in [0.15, 0.2) is 12.4 Å². The molecule has 4 nitrogen and oxygen atoms in total. The molecule has 3 rings (SSSR count). The van der Waals surface area contributed by atoms with Gasteiger partial charge in [0.2, 0.25) is 0 Å². The first-order valence-corrected chi connectivity index (χ1v) is 8.55. The monoisotopic (exact) mass is 288 g/mol. The van der Waals surface area contributed by atoms with Crippen LogP contribution in [0.5, 0.6) is 0 Å². The molecule has 0 radical (unpaired) electrons. The molecule has 0 bridgehead atoms. The van der Waals surface area contributed by atoms with Crippen LogP contribution >= 0.6 is 0 Å². The molecule has 1 aliphatic heterocycles. The van der Waals surface area contributed by atoms with Crippen molar-refractivity contribution >= 4 is 5.82 Å². The predicted molar refractivity (Wildman–Crippen MR) is 86.3 cm³/mol. The molecular formula is C17H28N4. The quantitative estimate of drug-likeness (QED) is 0.924. The standard InChI is InChI=1S/C17H28N4/c1-13(2)19-11-15-10-18-12-17(20-15)21-9-5-7-14-6-3-4-8-16(14)21/h10,12-14,16,19H,3-9,11H2,1-2H3. The minimum Gasteiger partial charge on any atom is -0.352 e. The number of hydrogen-bond donors (Lipinski definition) is 1. The lowest BCUT2D eigenvalue weighted by Gasteiger charge is -2.44. The normalized spacial score (nSPS) is 26.0. The highest BCUT2D eigenvalue weighted by Gasteiger charge is 2.33. The second-order valence-corrected chi connectivity index (χ2v) is 6.85. The Hall–Kier alpha value is -1.16. The molecule has 0 amide bonds. The van der Waals surface area contributed by atoms with E-state index in [1.807, 2.05) is 12.4 Å². The number of anilines is 1. The van der Waals surface area contributed by atoms with Gasteiger partial charge in [-0.1, -0.05) is 26.7 Å². The summed E-state index contributed by atoms with van der Waals surface area (Å²) < 4.78 is 0. The van der Waals surface area contributed by atoms with Gasteiger partial charge in [0.15, 0.2) is 0 Å². The van der Waals surface area contributed by atoms with Crippen molar-refractivity contribution < 1.29 is 0 Å². The molecule has 4 heteroatoms. The van der Waals surface area contributed by atoms with E-state index >= 15 is 0 Å². The van der Waals surface area contributed by atoms with Crippen LogP contribution < -0.4 is 10.2 Å². The van der Waals surface area contributed by atoms with Crippen molar-refractivity contribution in [2.24, 2.45) is 5.92 Å². The molecule has 1 N–H and O–H groups in total. The summed E-state index contributed by atoms with van der Waals surface area (Å²) in [5.74, 6) is 1.97. The highest BCUT2D eigenvalue weighted by molar-refractivity contribution is 5.39. The highest BCUT2D eigenvalue weighted by Crippen LogP contribution is 2.36. The lowest BCUT2D eigenvalue weighted by molar-refractivity contribution is 0.242. The van der Waals surface area contributed by atoms with Crippen molar-refractivity contribution in [3.8, 4) is 0 Å². The van der Waals surface area contributed by atoms with Gasteiger partial charge in [0.05, 0.1) is 11.9 Å². The van der Waals surface area contributed by atoms with Gasteiger partial charge in [0.1, 0.15) is 5.82 Å². The number of nitrogens with one attached hydrogen (secondary N) is 1. The molecule has 2 atom stereocenters. The Bertz CT molecular complexity index is 458. The Kier molecular flexibility index (Phi) is 4.73. The Morgan fingerprint density at radius 2 is 2.00 bits per heavy atom. The summed E-state index contributed by atoms with van der Waals surface area (Å²) in [6.07, 6.45) is 12.1.